The minimum atomic E-state index is 0.0389. The van der Waals surface area contributed by atoms with Gasteiger partial charge in [-0.05, 0) is 24.6 Å². The summed E-state index contributed by atoms with van der Waals surface area (Å²) in [4.78, 5) is 15.6. The molecule has 19 heavy (non-hydrogen) atoms. The van der Waals surface area contributed by atoms with Crippen LogP contribution in [0.4, 0.5) is 0 Å². The number of rotatable bonds is 5. The molecule has 0 aliphatic carbocycles. The van der Waals surface area contributed by atoms with E-state index >= 15 is 0 Å². The molecule has 0 spiro atoms. The Balaban J connectivity index is 1.84. The van der Waals surface area contributed by atoms with Crippen molar-refractivity contribution in [2.45, 2.75) is 19.4 Å². The number of hydrogen-bond acceptors (Lipinski definition) is 6. The minimum Gasteiger partial charge on any atom is -0.355 e. The summed E-state index contributed by atoms with van der Waals surface area (Å²) >= 11 is 0. The molecule has 1 atom stereocenters. The Hall–Kier alpha value is -1.54. The van der Waals surface area contributed by atoms with Gasteiger partial charge in [0, 0.05) is 19.6 Å². The first kappa shape index (κ1) is 13.9. The van der Waals surface area contributed by atoms with Crippen LogP contribution < -0.4 is 11.1 Å². The molecule has 0 aromatic carbocycles. The Labute approximate surface area is 112 Å². The second-order valence-electron chi connectivity index (χ2n) is 4.85. The fourth-order valence-corrected chi connectivity index (χ4v) is 2.34. The highest BCUT2D eigenvalue weighted by Gasteiger charge is 2.26. The van der Waals surface area contributed by atoms with Crippen molar-refractivity contribution in [1.29, 1.82) is 0 Å². The molecule has 0 bridgehead atoms. The zero-order valence-electron chi connectivity index (χ0n) is 11.2. The number of carbonyl (C=O) groups excluding carboxylic acids is 1. The van der Waals surface area contributed by atoms with Crippen LogP contribution >= 0.6 is 0 Å². The molecule has 3 N–H and O–H groups in total. The van der Waals surface area contributed by atoms with Crippen LogP contribution in [0.5, 0.6) is 0 Å². The molecular formula is C11H21N7O. The van der Waals surface area contributed by atoms with E-state index in [4.69, 9.17) is 5.73 Å². The molecule has 2 rings (SSSR count). The molecular weight excluding hydrogens is 246 g/mol. The number of tetrazole rings is 1. The maximum absolute atomic E-state index is 11.9. The second kappa shape index (κ2) is 6.58. The Morgan fingerprint density at radius 1 is 1.58 bits per heavy atom. The Morgan fingerprint density at radius 3 is 3.11 bits per heavy atom. The van der Waals surface area contributed by atoms with Gasteiger partial charge >= 0.3 is 0 Å². The van der Waals surface area contributed by atoms with Crippen LogP contribution in [0, 0.1) is 5.92 Å². The van der Waals surface area contributed by atoms with E-state index in [0.29, 0.717) is 25.5 Å². The third-order valence-corrected chi connectivity index (χ3v) is 3.23. The second-order valence-corrected chi connectivity index (χ2v) is 4.85. The van der Waals surface area contributed by atoms with Crippen LogP contribution in [0.15, 0.2) is 0 Å². The zero-order valence-corrected chi connectivity index (χ0v) is 11.2. The molecule has 1 saturated heterocycles. The van der Waals surface area contributed by atoms with Crippen molar-refractivity contribution in [2.75, 3.05) is 26.2 Å². The van der Waals surface area contributed by atoms with Gasteiger partial charge in [-0.2, -0.15) is 4.80 Å². The highest BCUT2D eigenvalue weighted by Crippen LogP contribution is 2.17. The summed E-state index contributed by atoms with van der Waals surface area (Å²) in [5, 5.41) is 14.8. The summed E-state index contributed by atoms with van der Waals surface area (Å²) in [7, 11) is 1.75. The molecule has 1 aliphatic rings. The van der Waals surface area contributed by atoms with E-state index in [9.17, 15) is 4.79 Å². The number of amides is 1. The Bertz CT molecular complexity index is 419. The van der Waals surface area contributed by atoms with E-state index in [1.807, 2.05) is 0 Å². The SMILES string of the molecule is Cn1nnc(CN2CCCC(C(=O)NCCN)C2)n1. The number of carbonyl (C=O) groups is 1. The number of hydrogen-bond donors (Lipinski definition) is 2. The topological polar surface area (TPSA) is 102 Å². The summed E-state index contributed by atoms with van der Waals surface area (Å²) < 4.78 is 0. The van der Waals surface area contributed by atoms with E-state index in [2.05, 4.69) is 25.6 Å². The van der Waals surface area contributed by atoms with Gasteiger partial charge in [0.15, 0.2) is 5.82 Å². The molecule has 0 radical (unpaired) electrons. The molecule has 1 amide bonds. The molecule has 1 fully saturated rings. The van der Waals surface area contributed by atoms with E-state index in [1.54, 1.807) is 7.05 Å². The van der Waals surface area contributed by atoms with Crippen LogP contribution in [0.1, 0.15) is 18.7 Å². The highest BCUT2D eigenvalue weighted by atomic mass is 16.1. The van der Waals surface area contributed by atoms with Crippen molar-refractivity contribution in [3.8, 4) is 0 Å². The molecule has 1 aromatic heterocycles. The van der Waals surface area contributed by atoms with Crippen molar-refractivity contribution in [3.05, 3.63) is 5.82 Å². The minimum absolute atomic E-state index is 0.0389. The molecule has 8 nitrogen and oxygen atoms in total. The van der Waals surface area contributed by atoms with Crippen molar-refractivity contribution in [3.63, 3.8) is 0 Å². The predicted octanol–water partition coefficient (Wildman–Crippen LogP) is -1.50. The molecule has 2 heterocycles. The van der Waals surface area contributed by atoms with E-state index < -0.39 is 0 Å². The van der Waals surface area contributed by atoms with E-state index in [-0.39, 0.29) is 11.8 Å². The van der Waals surface area contributed by atoms with Gasteiger partial charge in [-0.15, -0.1) is 10.2 Å². The van der Waals surface area contributed by atoms with Gasteiger partial charge in [0.2, 0.25) is 5.91 Å². The zero-order chi connectivity index (χ0) is 13.7. The third-order valence-electron chi connectivity index (χ3n) is 3.23. The van der Waals surface area contributed by atoms with Crippen molar-refractivity contribution in [2.24, 2.45) is 18.7 Å². The predicted molar refractivity (Wildman–Crippen MR) is 68.9 cm³/mol. The molecule has 1 aromatic rings. The third kappa shape index (κ3) is 3.97. The fraction of sp³-hybridized carbons (Fsp3) is 0.818. The van der Waals surface area contributed by atoms with Gasteiger partial charge in [-0.1, -0.05) is 0 Å². The number of nitrogens with zero attached hydrogens (tertiary/aromatic N) is 5. The molecule has 1 aliphatic heterocycles. The summed E-state index contributed by atoms with van der Waals surface area (Å²) in [6.45, 7) is 3.38. The van der Waals surface area contributed by atoms with Crippen LogP contribution in [0.25, 0.3) is 0 Å². The summed E-state index contributed by atoms with van der Waals surface area (Å²) in [5.74, 6) is 0.838. The first-order valence-corrected chi connectivity index (χ1v) is 6.62. The lowest BCUT2D eigenvalue weighted by Crippen LogP contribution is -2.43. The lowest BCUT2D eigenvalue weighted by Gasteiger charge is -2.30. The number of likely N-dealkylation sites (tertiary alicyclic amines) is 1. The average Bonchev–Trinajstić information content (AvgIpc) is 2.81. The number of nitrogens with two attached hydrogens (primary N) is 1. The van der Waals surface area contributed by atoms with Crippen molar-refractivity contribution < 1.29 is 4.79 Å². The normalized spacial score (nSPS) is 20.4. The highest BCUT2D eigenvalue weighted by molar-refractivity contribution is 5.78. The molecule has 1 unspecified atom stereocenters. The number of aryl methyl sites for hydroxylation is 1. The maximum Gasteiger partial charge on any atom is 0.224 e. The van der Waals surface area contributed by atoms with Gasteiger partial charge in [0.25, 0.3) is 0 Å². The number of aromatic nitrogens is 4. The lowest BCUT2D eigenvalue weighted by atomic mass is 9.97. The summed E-state index contributed by atoms with van der Waals surface area (Å²) in [6.07, 6.45) is 1.95. The van der Waals surface area contributed by atoms with Crippen molar-refractivity contribution >= 4 is 5.91 Å². The maximum atomic E-state index is 11.9. The molecule has 0 saturated carbocycles. The van der Waals surface area contributed by atoms with Gasteiger partial charge in [0.1, 0.15) is 0 Å². The van der Waals surface area contributed by atoms with E-state index in [1.165, 1.54) is 4.80 Å². The smallest absolute Gasteiger partial charge is 0.224 e. The summed E-state index contributed by atoms with van der Waals surface area (Å²) in [6, 6.07) is 0. The number of piperidine rings is 1. The molecule has 106 valence electrons. The van der Waals surface area contributed by atoms with Crippen molar-refractivity contribution in [1.82, 2.24) is 30.4 Å². The average molecular weight is 267 g/mol. The van der Waals surface area contributed by atoms with Gasteiger partial charge in [-0.25, -0.2) is 0 Å². The first-order chi connectivity index (χ1) is 9.19. The van der Waals surface area contributed by atoms with E-state index in [0.717, 1.165) is 25.9 Å². The van der Waals surface area contributed by atoms with Crippen LogP contribution in [0.2, 0.25) is 0 Å². The van der Waals surface area contributed by atoms with Gasteiger partial charge in [0.05, 0.1) is 19.5 Å². The fourth-order valence-electron chi connectivity index (χ4n) is 2.34. The first-order valence-electron chi connectivity index (χ1n) is 6.62. The van der Waals surface area contributed by atoms with Gasteiger partial charge in [-0.3, -0.25) is 9.69 Å². The summed E-state index contributed by atoms with van der Waals surface area (Å²) in [5.41, 5.74) is 5.39. The van der Waals surface area contributed by atoms with Gasteiger partial charge < -0.3 is 11.1 Å². The molecule has 8 heteroatoms. The standard InChI is InChI=1S/C11H21N7O/c1-17-15-10(14-16-17)8-18-6-2-3-9(7-18)11(19)13-5-4-12/h9H,2-8,12H2,1H3,(H,13,19). The van der Waals surface area contributed by atoms with Crippen LogP contribution in [-0.2, 0) is 18.4 Å². The monoisotopic (exact) mass is 267 g/mol. The Kier molecular flexibility index (Phi) is 4.80. The quantitative estimate of drug-likeness (QED) is 0.673. The van der Waals surface area contributed by atoms with Crippen LogP contribution in [-0.4, -0.2) is 57.2 Å². The Morgan fingerprint density at radius 2 is 2.42 bits per heavy atom. The van der Waals surface area contributed by atoms with Crippen LogP contribution in [0.3, 0.4) is 0 Å². The largest absolute Gasteiger partial charge is 0.355 e. The lowest BCUT2D eigenvalue weighted by molar-refractivity contribution is -0.126. The number of nitrogens with one attached hydrogen (secondary N) is 1.